The van der Waals surface area contributed by atoms with Gasteiger partial charge in [0.1, 0.15) is 5.54 Å². The van der Waals surface area contributed by atoms with Gasteiger partial charge in [-0.15, -0.1) is 0 Å². The minimum absolute atomic E-state index is 0.122. The SMILES string of the molecule is CCCC1(C(=O)O)CCCN1C(=O)NCCOC(C)C. The van der Waals surface area contributed by atoms with Crippen LogP contribution in [0.25, 0.3) is 0 Å². The smallest absolute Gasteiger partial charge is 0.329 e. The van der Waals surface area contributed by atoms with E-state index in [2.05, 4.69) is 5.32 Å². The number of nitrogens with zero attached hydrogens (tertiary/aromatic N) is 1. The number of likely N-dealkylation sites (tertiary alicyclic amines) is 1. The van der Waals surface area contributed by atoms with Crippen molar-refractivity contribution >= 4 is 12.0 Å². The number of carbonyl (C=O) groups excluding carboxylic acids is 1. The second-order valence-corrected chi connectivity index (χ2v) is 5.49. The topological polar surface area (TPSA) is 78.9 Å². The summed E-state index contributed by atoms with van der Waals surface area (Å²) in [6.07, 6.45) is 2.64. The van der Waals surface area contributed by atoms with Crippen molar-refractivity contribution in [3.8, 4) is 0 Å². The third-order valence-electron chi connectivity index (χ3n) is 3.63. The maximum atomic E-state index is 12.2. The molecular weight excluding hydrogens is 260 g/mol. The number of hydrogen-bond donors (Lipinski definition) is 2. The maximum Gasteiger partial charge on any atom is 0.329 e. The quantitative estimate of drug-likeness (QED) is 0.700. The van der Waals surface area contributed by atoms with Crippen LogP contribution in [0.1, 0.15) is 46.5 Å². The molecule has 0 aromatic rings. The summed E-state index contributed by atoms with van der Waals surface area (Å²) < 4.78 is 5.35. The Balaban J connectivity index is 2.58. The van der Waals surface area contributed by atoms with Gasteiger partial charge in [-0.2, -0.15) is 0 Å². The van der Waals surface area contributed by atoms with Gasteiger partial charge in [0.2, 0.25) is 0 Å². The van der Waals surface area contributed by atoms with Crippen LogP contribution in [0.4, 0.5) is 4.79 Å². The van der Waals surface area contributed by atoms with Gasteiger partial charge in [-0.1, -0.05) is 13.3 Å². The van der Waals surface area contributed by atoms with E-state index in [4.69, 9.17) is 4.74 Å². The van der Waals surface area contributed by atoms with E-state index in [1.54, 1.807) is 0 Å². The van der Waals surface area contributed by atoms with Crippen molar-refractivity contribution in [3.05, 3.63) is 0 Å². The van der Waals surface area contributed by atoms with Gasteiger partial charge in [-0.05, 0) is 33.1 Å². The Bertz CT molecular complexity index is 346. The highest BCUT2D eigenvalue weighted by molar-refractivity contribution is 5.87. The first kappa shape index (κ1) is 16.8. The zero-order valence-electron chi connectivity index (χ0n) is 12.6. The highest BCUT2D eigenvalue weighted by Crippen LogP contribution is 2.33. The summed E-state index contributed by atoms with van der Waals surface area (Å²) >= 11 is 0. The van der Waals surface area contributed by atoms with Gasteiger partial charge >= 0.3 is 12.0 Å². The first-order valence-electron chi connectivity index (χ1n) is 7.34. The molecule has 0 bridgehead atoms. The van der Waals surface area contributed by atoms with Crippen LogP contribution in [0.15, 0.2) is 0 Å². The average molecular weight is 286 g/mol. The van der Waals surface area contributed by atoms with Gasteiger partial charge in [0.25, 0.3) is 0 Å². The van der Waals surface area contributed by atoms with Gasteiger partial charge in [0, 0.05) is 13.1 Å². The van der Waals surface area contributed by atoms with Crippen molar-refractivity contribution in [1.29, 1.82) is 0 Å². The Morgan fingerprint density at radius 2 is 2.15 bits per heavy atom. The molecule has 1 aliphatic heterocycles. The molecule has 0 aromatic heterocycles. The molecule has 20 heavy (non-hydrogen) atoms. The van der Waals surface area contributed by atoms with E-state index < -0.39 is 11.5 Å². The van der Waals surface area contributed by atoms with Gasteiger partial charge in [-0.25, -0.2) is 9.59 Å². The van der Waals surface area contributed by atoms with E-state index >= 15 is 0 Å². The molecule has 1 saturated heterocycles. The molecule has 0 aliphatic carbocycles. The van der Waals surface area contributed by atoms with Crippen molar-refractivity contribution in [2.45, 2.75) is 58.1 Å². The predicted molar refractivity (Wildman–Crippen MR) is 75.7 cm³/mol. The van der Waals surface area contributed by atoms with Crippen LogP contribution in [0.2, 0.25) is 0 Å². The van der Waals surface area contributed by atoms with E-state index in [9.17, 15) is 14.7 Å². The Morgan fingerprint density at radius 1 is 1.45 bits per heavy atom. The van der Waals surface area contributed by atoms with Gasteiger partial charge < -0.3 is 20.1 Å². The molecule has 6 nitrogen and oxygen atoms in total. The van der Waals surface area contributed by atoms with Crippen LogP contribution in [-0.2, 0) is 9.53 Å². The first-order valence-corrected chi connectivity index (χ1v) is 7.34. The first-order chi connectivity index (χ1) is 9.44. The Kier molecular flexibility index (Phi) is 6.26. The predicted octanol–water partition coefficient (Wildman–Crippen LogP) is 1.84. The van der Waals surface area contributed by atoms with Crippen molar-refractivity contribution in [3.63, 3.8) is 0 Å². The minimum atomic E-state index is -1.03. The summed E-state index contributed by atoms with van der Waals surface area (Å²) in [5.41, 5.74) is -1.03. The van der Waals surface area contributed by atoms with Crippen molar-refractivity contribution in [2.24, 2.45) is 0 Å². The van der Waals surface area contributed by atoms with Crippen LogP contribution in [0, 0.1) is 0 Å². The normalized spacial score (nSPS) is 22.3. The van der Waals surface area contributed by atoms with Crippen LogP contribution < -0.4 is 5.32 Å². The largest absolute Gasteiger partial charge is 0.479 e. The van der Waals surface area contributed by atoms with Crippen molar-refractivity contribution in [1.82, 2.24) is 10.2 Å². The molecule has 0 saturated carbocycles. The lowest BCUT2D eigenvalue weighted by molar-refractivity contribution is -0.148. The number of amides is 2. The van der Waals surface area contributed by atoms with Crippen LogP contribution in [-0.4, -0.2) is 53.3 Å². The molecule has 1 unspecified atom stereocenters. The fraction of sp³-hybridized carbons (Fsp3) is 0.857. The molecule has 0 aromatic carbocycles. The standard InChI is InChI=1S/C14H26N2O4/c1-4-6-14(12(17)18)7-5-9-16(14)13(19)15-8-10-20-11(2)3/h11H,4-10H2,1-3H3,(H,15,19)(H,17,18). The fourth-order valence-corrected chi connectivity index (χ4v) is 2.73. The van der Waals surface area contributed by atoms with E-state index in [0.29, 0.717) is 32.5 Å². The molecule has 0 spiro atoms. The molecule has 0 radical (unpaired) electrons. The number of rotatable bonds is 7. The molecule has 2 N–H and O–H groups in total. The Labute approximate surface area is 120 Å². The molecule has 1 heterocycles. The molecule has 1 atom stereocenters. The average Bonchev–Trinajstić information content (AvgIpc) is 2.79. The van der Waals surface area contributed by atoms with Crippen molar-refractivity contribution < 1.29 is 19.4 Å². The minimum Gasteiger partial charge on any atom is -0.479 e. The summed E-state index contributed by atoms with van der Waals surface area (Å²) in [7, 11) is 0. The molecule has 1 fully saturated rings. The number of ether oxygens (including phenoxy) is 1. The lowest BCUT2D eigenvalue weighted by Crippen LogP contribution is -2.56. The molecular formula is C14H26N2O4. The van der Waals surface area contributed by atoms with Crippen LogP contribution in [0.3, 0.4) is 0 Å². The maximum absolute atomic E-state index is 12.2. The van der Waals surface area contributed by atoms with Crippen LogP contribution in [0.5, 0.6) is 0 Å². The molecule has 116 valence electrons. The zero-order valence-corrected chi connectivity index (χ0v) is 12.6. The number of aliphatic carboxylic acids is 1. The third-order valence-corrected chi connectivity index (χ3v) is 3.63. The zero-order chi connectivity index (χ0) is 15.2. The van der Waals surface area contributed by atoms with Crippen LogP contribution >= 0.6 is 0 Å². The van der Waals surface area contributed by atoms with Gasteiger partial charge in [0.15, 0.2) is 0 Å². The molecule has 2 amide bonds. The Hall–Kier alpha value is -1.30. The molecule has 1 aliphatic rings. The van der Waals surface area contributed by atoms with Crippen molar-refractivity contribution in [2.75, 3.05) is 19.7 Å². The van der Waals surface area contributed by atoms with E-state index in [0.717, 1.165) is 12.8 Å². The number of carbonyl (C=O) groups is 2. The highest BCUT2D eigenvalue weighted by atomic mass is 16.5. The summed E-state index contributed by atoms with van der Waals surface area (Å²) in [5.74, 6) is -0.898. The lowest BCUT2D eigenvalue weighted by Gasteiger charge is -2.34. The number of hydrogen-bond acceptors (Lipinski definition) is 3. The second-order valence-electron chi connectivity index (χ2n) is 5.49. The van der Waals surface area contributed by atoms with Gasteiger partial charge in [-0.3, -0.25) is 0 Å². The fourth-order valence-electron chi connectivity index (χ4n) is 2.73. The third kappa shape index (κ3) is 3.85. The second kappa shape index (κ2) is 7.47. The number of nitrogens with one attached hydrogen (secondary N) is 1. The summed E-state index contributed by atoms with van der Waals surface area (Å²) in [6.45, 7) is 7.14. The Morgan fingerprint density at radius 3 is 2.70 bits per heavy atom. The number of urea groups is 1. The number of carboxylic acids is 1. The van der Waals surface area contributed by atoms with E-state index in [1.807, 2.05) is 20.8 Å². The summed E-state index contributed by atoms with van der Waals surface area (Å²) in [5, 5.41) is 12.3. The lowest BCUT2D eigenvalue weighted by atomic mass is 9.91. The molecule has 1 rings (SSSR count). The number of carboxylic acid groups (broad SMARTS) is 1. The van der Waals surface area contributed by atoms with E-state index in [-0.39, 0.29) is 12.1 Å². The van der Waals surface area contributed by atoms with E-state index in [1.165, 1.54) is 4.90 Å². The molecule has 6 heteroatoms. The van der Waals surface area contributed by atoms with Gasteiger partial charge in [0.05, 0.1) is 12.7 Å². The summed E-state index contributed by atoms with van der Waals surface area (Å²) in [4.78, 5) is 25.3. The highest BCUT2D eigenvalue weighted by Gasteiger charge is 2.49. The monoisotopic (exact) mass is 286 g/mol. The summed E-state index contributed by atoms with van der Waals surface area (Å²) in [6, 6.07) is -0.300.